The minimum absolute atomic E-state index is 0.149. The Labute approximate surface area is 238 Å². The highest BCUT2D eigenvalue weighted by molar-refractivity contribution is 6.31. The zero-order chi connectivity index (χ0) is 28.7. The van der Waals surface area contributed by atoms with Gasteiger partial charge in [0.2, 0.25) is 17.9 Å². The van der Waals surface area contributed by atoms with Crippen LogP contribution in [0.3, 0.4) is 0 Å². The largest absolute Gasteiger partial charge is 0.480 e. The van der Waals surface area contributed by atoms with Crippen molar-refractivity contribution in [1.82, 2.24) is 15.3 Å². The van der Waals surface area contributed by atoms with Gasteiger partial charge in [0.15, 0.2) is 0 Å². The summed E-state index contributed by atoms with van der Waals surface area (Å²) < 4.78 is 48.9. The smallest absolute Gasteiger partial charge is 0.429 e. The van der Waals surface area contributed by atoms with E-state index in [9.17, 15) is 23.1 Å². The first kappa shape index (κ1) is 28.3. The lowest BCUT2D eigenvalue weighted by atomic mass is 9.76. The molecule has 2 saturated heterocycles. The molecule has 4 N–H and O–H groups in total. The molecule has 2 aliphatic rings. The number of piperidine rings is 1. The highest BCUT2D eigenvalue weighted by Crippen LogP contribution is 2.43. The third-order valence-corrected chi connectivity index (χ3v) is 7.95. The molecule has 0 amide bonds. The maximum atomic E-state index is 14.5. The Bertz CT molecular complexity index is 1420. The molecule has 8 nitrogen and oxygen atoms in total. The van der Waals surface area contributed by atoms with E-state index in [2.05, 4.69) is 15.3 Å². The first-order valence-electron chi connectivity index (χ1n) is 12.6. The van der Waals surface area contributed by atoms with Crippen LogP contribution in [0.25, 0.3) is 11.1 Å². The normalized spacial score (nSPS) is 19.5. The van der Waals surface area contributed by atoms with Crippen molar-refractivity contribution in [3.05, 3.63) is 64.1 Å². The predicted octanol–water partition coefficient (Wildman–Crippen LogP) is 5.75. The minimum atomic E-state index is -4.81. The number of nitrogen functional groups attached to an aromatic ring is 1. The zero-order valence-electron chi connectivity index (χ0n) is 21.1. The Hall–Kier alpha value is -3.28. The van der Waals surface area contributed by atoms with Gasteiger partial charge in [-0.2, -0.15) is 23.1 Å². The summed E-state index contributed by atoms with van der Waals surface area (Å²) in [6.45, 7) is 1.66. The van der Waals surface area contributed by atoms with Crippen LogP contribution in [-0.4, -0.2) is 52.9 Å². The SMILES string of the molecule is Nc1nc(O[C@H](c2ccc(Cl)cc2-c2cccc(Cl)c2)C(F)(F)F)cc(N2CCC3(CC2)CNC(C(=O)O)C3)n1. The van der Waals surface area contributed by atoms with Crippen molar-refractivity contribution in [1.29, 1.82) is 0 Å². The second-order valence-electron chi connectivity index (χ2n) is 10.2. The molecular weight excluding hydrogens is 570 g/mol. The fourth-order valence-electron chi connectivity index (χ4n) is 5.43. The summed E-state index contributed by atoms with van der Waals surface area (Å²) in [4.78, 5) is 21.4. The monoisotopic (exact) mass is 595 g/mol. The number of aliphatic carboxylic acids is 1. The summed E-state index contributed by atoms with van der Waals surface area (Å²) in [5, 5.41) is 13.0. The van der Waals surface area contributed by atoms with Crippen LogP contribution in [0, 0.1) is 5.41 Å². The van der Waals surface area contributed by atoms with Crippen LogP contribution in [0.4, 0.5) is 24.9 Å². The van der Waals surface area contributed by atoms with Crippen LogP contribution in [0.15, 0.2) is 48.5 Å². The van der Waals surface area contributed by atoms with Crippen molar-refractivity contribution in [3.8, 4) is 17.0 Å². The molecule has 3 aromatic rings. The first-order chi connectivity index (χ1) is 18.9. The molecule has 40 heavy (non-hydrogen) atoms. The number of rotatable bonds is 6. The van der Waals surface area contributed by atoms with Crippen LogP contribution in [0.1, 0.15) is 30.9 Å². The Kier molecular flexibility index (Phi) is 7.73. The van der Waals surface area contributed by atoms with Gasteiger partial charge in [-0.1, -0.05) is 41.4 Å². The summed E-state index contributed by atoms with van der Waals surface area (Å²) in [5.41, 5.74) is 6.24. The van der Waals surface area contributed by atoms with Gasteiger partial charge in [0, 0.05) is 41.3 Å². The molecule has 2 atom stereocenters. The van der Waals surface area contributed by atoms with E-state index in [1.807, 2.05) is 4.90 Å². The number of hydrogen-bond donors (Lipinski definition) is 3. The van der Waals surface area contributed by atoms with E-state index in [-0.39, 0.29) is 33.4 Å². The minimum Gasteiger partial charge on any atom is -0.480 e. The Balaban J connectivity index is 1.41. The number of aromatic nitrogens is 2. The van der Waals surface area contributed by atoms with E-state index >= 15 is 0 Å². The molecule has 1 spiro atoms. The van der Waals surface area contributed by atoms with Gasteiger partial charge in [-0.05, 0) is 60.1 Å². The fourth-order valence-corrected chi connectivity index (χ4v) is 5.79. The summed E-state index contributed by atoms with van der Waals surface area (Å²) in [5.74, 6) is -1.09. The lowest BCUT2D eigenvalue weighted by Crippen LogP contribution is -2.41. The average molecular weight is 596 g/mol. The highest BCUT2D eigenvalue weighted by Gasteiger charge is 2.46. The number of hydrogen-bond acceptors (Lipinski definition) is 7. The molecule has 212 valence electrons. The topological polar surface area (TPSA) is 114 Å². The van der Waals surface area contributed by atoms with E-state index in [1.165, 1.54) is 24.3 Å². The van der Waals surface area contributed by atoms with Gasteiger partial charge >= 0.3 is 12.1 Å². The number of nitrogens with two attached hydrogens (primary N) is 1. The molecule has 3 heterocycles. The zero-order valence-corrected chi connectivity index (χ0v) is 22.6. The average Bonchev–Trinajstić information content (AvgIpc) is 3.31. The van der Waals surface area contributed by atoms with E-state index in [4.69, 9.17) is 33.7 Å². The molecule has 1 unspecified atom stereocenters. The van der Waals surface area contributed by atoms with Crippen molar-refractivity contribution < 1.29 is 27.8 Å². The number of ether oxygens (including phenoxy) is 1. The number of anilines is 2. The van der Waals surface area contributed by atoms with Crippen molar-refractivity contribution in [2.24, 2.45) is 5.41 Å². The van der Waals surface area contributed by atoms with Crippen LogP contribution in [0.5, 0.6) is 5.88 Å². The molecular formula is C27H26Cl2F3N5O3. The van der Waals surface area contributed by atoms with E-state index in [0.29, 0.717) is 55.3 Å². The number of benzene rings is 2. The Morgan fingerprint density at radius 2 is 1.85 bits per heavy atom. The van der Waals surface area contributed by atoms with Crippen LogP contribution in [-0.2, 0) is 4.79 Å². The quantitative estimate of drug-likeness (QED) is 0.330. The predicted molar refractivity (Wildman–Crippen MR) is 146 cm³/mol. The third kappa shape index (κ3) is 6.06. The Morgan fingerprint density at radius 1 is 1.12 bits per heavy atom. The van der Waals surface area contributed by atoms with Gasteiger partial charge < -0.3 is 25.8 Å². The van der Waals surface area contributed by atoms with Crippen molar-refractivity contribution in [3.63, 3.8) is 0 Å². The number of carboxylic acids is 1. The van der Waals surface area contributed by atoms with Crippen LogP contribution < -0.4 is 20.7 Å². The molecule has 2 aromatic carbocycles. The number of nitrogens with zero attached hydrogens (tertiary/aromatic N) is 3. The van der Waals surface area contributed by atoms with Gasteiger partial charge in [-0.3, -0.25) is 4.79 Å². The van der Waals surface area contributed by atoms with Gasteiger partial charge in [0.1, 0.15) is 11.9 Å². The molecule has 0 saturated carbocycles. The second kappa shape index (κ2) is 10.9. The number of nitrogens with one attached hydrogen (secondary N) is 1. The van der Waals surface area contributed by atoms with Crippen molar-refractivity contribution in [2.75, 3.05) is 30.3 Å². The van der Waals surface area contributed by atoms with Crippen molar-refractivity contribution in [2.45, 2.75) is 37.6 Å². The van der Waals surface area contributed by atoms with Gasteiger partial charge in [-0.15, -0.1) is 0 Å². The summed E-state index contributed by atoms with van der Waals surface area (Å²) >= 11 is 12.3. The number of carboxylic acid groups (broad SMARTS) is 1. The molecule has 0 bridgehead atoms. The number of alkyl halides is 3. The van der Waals surface area contributed by atoms with Crippen LogP contribution in [0.2, 0.25) is 10.0 Å². The van der Waals surface area contributed by atoms with Crippen molar-refractivity contribution >= 4 is 40.9 Å². The third-order valence-electron chi connectivity index (χ3n) is 7.48. The molecule has 2 fully saturated rings. The summed E-state index contributed by atoms with van der Waals surface area (Å²) in [6, 6.07) is 11.3. The standard InChI is InChI=1S/C27H26Cl2F3N5O3/c28-16-3-1-2-15(10-16)19-11-17(29)4-5-18(19)23(27(30,31)32)40-22-12-21(35-25(33)36-22)37-8-6-26(7-9-37)13-20(24(38)39)34-14-26/h1-5,10-12,20,23,34H,6-9,13-14H2,(H,38,39)(H2,33,35,36)/t20?,23-/m1/s1. The first-order valence-corrected chi connectivity index (χ1v) is 13.3. The molecule has 5 rings (SSSR count). The van der Waals surface area contributed by atoms with Gasteiger partial charge in [0.25, 0.3) is 0 Å². The second-order valence-corrected chi connectivity index (χ2v) is 11.0. The number of carbonyl (C=O) groups is 1. The maximum Gasteiger partial charge on any atom is 0.429 e. The van der Waals surface area contributed by atoms with E-state index in [0.717, 1.165) is 0 Å². The molecule has 0 radical (unpaired) electrons. The maximum absolute atomic E-state index is 14.5. The number of halogens is 5. The lowest BCUT2D eigenvalue weighted by Gasteiger charge is -2.39. The molecule has 13 heteroatoms. The van der Waals surface area contributed by atoms with Gasteiger partial charge in [-0.25, -0.2) is 0 Å². The van der Waals surface area contributed by atoms with E-state index in [1.54, 1.807) is 24.3 Å². The summed E-state index contributed by atoms with van der Waals surface area (Å²) in [6.07, 6.45) is -5.27. The Morgan fingerprint density at radius 3 is 2.50 bits per heavy atom. The highest BCUT2D eigenvalue weighted by atomic mass is 35.5. The molecule has 2 aliphatic heterocycles. The fraction of sp³-hybridized carbons (Fsp3) is 0.370. The van der Waals surface area contributed by atoms with Crippen LogP contribution >= 0.6 is 23.2 Å². The lowest BCUT2D eigenvalue weighted by molar-refractivity contribution is -0.198. The molecule has 0 aliphatic carbocycles. The van der Waals surface area contributed by atoms with Gasteiger partial charge in [0.05, 0.1) is 0 Å². The molecule has 1 aromatic heterocycles. The van der Waals surface area contributed by atoms with E-state index < -0.39 is 24.3 Å². The summed E-state index contributed by atoms with van der Waals surface area (Å²) in [7, 11) is 0.